The standard InChI is InChI=1S/C23H20N6O/c1-16-13-28(15-25-16)21-9-8-17(12-22(21)30-2)26-23-19-14-29(18-6-4-3-5-7-18)27-20(19)10-11-24-23/h3-15H,1-2H3,(H,24,26). The number of aryl methyl sites for hydroxylation is 1. The monoisotopic (exact) mass is 396 g/mol. The van der Waals surface area contributed by atoms with Gasteiger partial charge in [-0.2, -0.15) is 5.10 Å². The summed E-state index contributed by atoms with van der Waals surface area (Å²) in [6.45, 7) is 1.96. The number of nitrogens with one attached hydrogen (secondary N) is 1. The van der Waals surface area contributed by atoms with Gasteiger partial charge in [-0.25, -0.2) is 14.6 Å². The van der Waals surface area contributed by atoms with Crippen LogP contribution < -0.4 is 10.1 Å². The zero-order valence-electron chi connectivity index (χ0n) is 16.6. The van der Waals surface area contributed by atoms with Gasteiger partial charge < -0.3 is 14.6 Å². The van der Waals surface area contributed by atoms with Gasteiger partial charge in [0, 0.05) is 30.3 Å². The van der Waals surface area contributed by atoms with E-state index >= 15 is 0 Å². The van der Waals surface area contributed by atoms with E-state index in [1.54, 1.807) is 19.6 Å². The minimum absolute atomic E-state index is 0.739. The number of ether oxygens (including phenoxy) is 1. The SMILES string of the molecule is COc1cc(Nc2nccc3nn(-c4ccccc4)cc23)ccc1-n1cnc(C)c1. The molecule has 0 spiro atoms. The maximum atomic E-state index is 5.61. The van der Waals surface area contributed by atoms with Gasteiger partial charge in [0.15, 0.2) is 0 Å². The Kier molecular flexibility index (Phi) is 4.40. The number of fused-ring (bicyclic) bond motifs is 1. The zero-order valence-corrected chi connectivity index (χ0v) is 16.6. The Labute approximate surface area is 173 Å². The molecule has 0 unspecified atom stereocenters. The lowest BCUT2D eigenvalue weighted by Crippen LogP contribution is -1.99. The molecule has 0 aliphatic heterocycles. The molecule has 0 fully saturated rings. The molecule has 2 aromatic carbocycles. The number of hydrogen-bond acceptors (Lipinski definition) is 5. The van der Waals surface area contributed by atoms with Crippen LogP contribution >= 0.6 is 0 Å². The van der Waals surface area contributed by atoms with Crippen LogP contribution in [0.1, 0.15) is 5.69 Å². The first-order chi connectivity index (χ1) is 14.7. The van der Waals surface area contributed by atoms with E-state index in [9.17, 15) is 0 Å². The van der Waals surface area contributed by atoms with Gasteiger partial charge in [-0.3, -0.25) is 0 Å². The first kappa shape index (κ1) is 17.9. The summed E-state index contributed by atoms with van der Waals surface area (Å²) in [6.07, 6.45) is 7.48. The first-order valence-electron chi connectivity index (χ1n) is 9.57. The molecule has 1 N–H and O–H groups in total. The summed E-state index contributed by atoms with van der Waals surface area (Å²) in [5.41, 5.74) is 4.62. The number of para-hydroxylation sites is 1. The summed E-state index contributed by atoms with van der Waals surface area (Å²) >= 11 is 0. The van der Waals surface area contributed by atoms with Gasteiger partial charge in [0.2, 0.25) is 0 Å². The second-order valence-corrected chi connectivity index (χ2v) is 6.94. The van der Waals surface area contributed by atoms with E-state index in [-0.39, 0.29) is 0 Å². The molecule has 0 saturated heterocycles. The fourth-order valence-electron chi connectivity index (χ4n) is 3.42. The topological polar surface area (TPSA) is 69.8 Å². The summed E-state index contributed by atoms with van der Waals surface area (Å²) in [4.78, 5) is 8.82. The molecule has 7 nitrogen and oxygen atoms in total. The van der Waals surface area contributed by atoms with Crippen LogP contribution in [0.4, 0.5) is 11.5 Å². The predicted molar refractivity (Wildman–Crippen MR) is 117 cm³/mol. The number of rotatable bonds is 5. The molecule has 3 aromatic heterocycles. The van der Waals surface area contributed by atoms with Crippen molar-refractivity contribution in [3.8, 4) is 17.1 Å². The minimum Gasteiger partial charge on any atom is -0.494 e. The predicted octanol–water partition coefficient (Wildman–Crippen LogP) is 4.67. The Morgan fingerprint density at radius 2 is 1.83 bits per heavy atom. The van der Waals surface area contributed by atoms with Crippen LogP contribution in [0.25, 0.3) is 22.3 Å². The van der Waals surface area contributed by atoms with Gasteiger partial charge >= 0.3 is 0 Å². The van der Waals surface area contributed by atoms with E-state index in [1.807, 2.05) is 83.2 Å². The van der Waals surface area contributed by atoms with Crippen molar-refractivity contribution in [2.75, 3.05) is 12.4 Å². The molecular formula is C23H20N6O. The number of pyridine rings is 1. The van der Waals surface area contributed by atoms with Crippen molar-refractivity contribution >= 4 is 22.4 Å². The van der Waals surface area contributed by atoms with Gasteiger partial charge in [-0.15, -0.1) is 0 Å². The van der Waals surface area contributed by atoms with E-state index in [4.69, 9.17) is 4.74 Å². The molecule has 7 heteroatoms. The van der Waals surface area contributed by atoms with Crippen molar-refractivity contribution in [1.82, 2.24) is 24.3 Å². The van der Waals surface area contributed by atoms with Gasteiger partial charge in [0.05, 0.1) is 41.4 Å². The summed E-state index contributed by atoms with van der Waals surface area (Å²) < 4.78 is 9.42. The third-order valence-electron chi connectivity index (χ3n) is 4.89. The highest BCUT2D eigenvalue weighted by molar-refractivity contribution is 5.90. The normalized spacial score (nSPS) is 11.0. The van der Waals surface area contributed by atoms with E-state index in [1.165, 1.54) is 0 Å². The van der Waals surface area contributed by atoms with Crippen molar-refractivity contribution in [1.29, 1.82) is 0 Å². The maximum absolute atomic E-state index is 5.61. The van der Waals surface area contributed by atoms with Crippen molar-refractivity contribution in [2.45, 2.75) is 6.92 Å². The number of anilines is 2. The summed E-state index contributed by atoms with van der Waals surface area (Å²) in [5, 5.41) is 9.02. The van der Waals surface area contributed by atoms with E-state index in [0.29, 0.717) is 0 Å². The Hall–Kier alpha value is -4.13. The molecular weight excluding hydrogens is 376 g/mol. The van der Waals surface area contributed by atoms with E-state index in [2.05, 4.69) is 20.4 Å². The van der Waals surface area contributed by atoms with Gasteiger partial charge in [0.1, 0.15) is 11.6 Å². The largest absolute Gasteiger partial charge is 0.494 e. The van der Waals surface area contributed by atoms with Crippen LogP contribution in [-0.2, 0) is 0 Å². The third kappa shape index (κ3) is 3.26. The molecule has 0 amide bonds. The fourth-order valence-corrected chi connectivity index (χ4v) is 3.42. The maximum Gasteiger partial charge on any atom is 0.144 e. The smallest absolute Gasteiger partial charge is 0.144 e. The molecule has 148 valence electrons. The quantitative estimate of drug-likeness (QED) is 0.468. The Bertz CT molecular complexity index is 1320. The molecule has 0 radical (unpaired) electrons. The second kappa shape index (κ2) is 7.36. The highest BCUT2D eigenvalue weighted by Crippen LogP contribution is 2.30. The number of benzene rings is 2. The molecule has 0 bridgehead atoms. The Morgan fingerprint density at radius 3 is 2.60 bits per heavy atom. The molecule has 0 aliphatic carbocycles. The lowest BCUT2D eigenvalue weighted by atomic mass is 10.2. The van der Waals surface area contributed by atoms with Crippen molar-refractivity contribution in [2.24, 2.45) is 0 Å². The van der Waals surface area contributed by atoms with Gasteiger partial charge in [-0.1, -0.05) is 18.2 Å². The van der Waals surface area contributed by atoms with Crippen LogP contribution in [0.15, 0.2) is 79.5 Å². The Balaban J connectivity index is 1.50. The first-order valence-corrected chi connectivity index (χ1v) is 9.57. The summed E-state index contributed by atoms with van der Waals surface area (Å²) in [6, 6.07) is 17.9. The van der Waals surface area contributed by atoms with Crippen LogP contribution in [0.3, 0.4) is 0 Å². The Morgan fingerprint density at radius 1 is 0.967 bits per heavy atom. The van der Waals surface area contributed by atoms with E-state index < -0.39 is 0 Å². The van der Waals surface area contributed by atoms with Crippen LogP contribution in [0.5, 0.6) is 5.75 Å². The molecule has 5 aromatic rings. The molecule has 0 atom stereocenters. The molecule has 0 saturated carbocycles. The lowest BCUT2D eigenvalue weighted by Gasteiger charge is -2.12. The van der Waals surface area contributed by atoms with Gasteiger partial charge in [-0.05, 0) is 37.3 Å². The zero-order chi connectivity index (χ0) is 20.5. The molecule has 5 rings (SSSR count). The third-order valence-corrected chi connectivity index (χ3v) is 4.89. The number of methoxy groups -OCH3 is 1. The highest BCUT2D eigenvalue weighted by atomic mass is 16.5. The van der Waals surface area contributed by atoms with E-state index in [0.717, 1.165) is 45.2 Å². The molecule has 30 heavy (non-hydrogen) atoms. The van der Waals surface area contributed by atoms with Crippen molar-refractivity contribution < 1.29 is 4.74 Å². The van der Waals surface area contributed by atoms with Crippen molar-refractivity contribution in [3.05, 3.63) is 85.2 Å². The van der Waals surface area contributed by atoms with Gasteiger partial charge in [0.25, 0.3) is 0 Å². The minimum atomic E-state index is 0.739. The number of aromatic nitrogens is 5. The summed E-state index contributed by atoms with van der Waals surface area (Å²) in [7, 11) is 1.66. The fraction of sp³-hybridized carbons (Fsp3) is 0.0870. The molecule has 3 heterocycles. The molecule has 0 aliphatic rings. The highest BCUT2D eigenvalue weighted by Gasteiger charge is 2.11. The van der Waals surface area contributed by atoms with Crippen LogP contribution in [0, 0.1) is 6.92 Å². The van der Waals surface area contributed by atoms with Crippen LogP contribution in [0.2, 0.25) is 0 Å². The second-order valence-electron chi connectivity index (χ2n) is 6.94. The number of nitrogens with zero attached hydrogens (tertiary/aromatic N) is 5. The number of hydrogen-bond donors (Lipinski definition) is 1. The summed E-state index contributed by atoms with van der Waals surface area (Å²) in [5.74, 6) is 1.48. The average molecular weight is 396 g/mol. The average Bonchev–Trinajstić information content (AvgIpc) is 3.41. The van der Waals surface area contributed by atoms with Crippen molar-refractivity contribution in [3.63, 3.8) is 0 Å². The van der Waals surface area contributed by atoms with Crippen LogP contribution in [-0.4, -0.2) is 31.4 Å². The lowest BCUT2D eigenvalue weighted by molar-refractivity contribution is 0.413. The number of imidazole rings is 1.